The van der Waals surface area contributed by atoms with Crippen molar-refractivity contribution in [1.29, 1.82) is 0 Å². The number of nitrogens with zero attached hydrogens (tertiary/aromatic N) is 3. The van der Waals surface area contributed by atoms with E-state index in [0.29, 0.717) is 5.15 Å². The van der Waals surface area contributed by atoms with Gasteiger partial charge in [-0.15, -0.1) is 0 Å². The summed E-state index contributed by atoms with van der Waals surface area (Å²) in [6, 6.07) is 10.4. The van der Waals surface area contributed by atoms with Crippen LogP contribution >= 0.6 is 11.6 Å². The van der Waals surface area contributed by atoms with Gasteiger partial charge in [-0.05, 0) is 12.5 Å². The van der Waals surface area contributed by atoms with E-state index in [-0.39, 0.29) is 0 Å². The maximum Gasteiger partial charge on any atom is 0.156 e. The topological polar surface area (TPSA) is 41.1 Å². The summed E-state index contributed by atoms with van der Waals surface area (Å²) in [5.74, 6) is 0.727. The molecule has 2 aromatic rings. The molecule has 0 amide bonds. The Kier molecular flexibility index (Phi) is 4.36. The lowest BCUT2D eigenvalue weighted by molar-refractivity contribution is 0.586. The molecule has 110 valence electrons. The van der Waals surface area contributed by atoms with Crippen molar-refractivity contribution in [2.45, 2.75) is 13.3 Å². The second-order valence-corrected chi connectivity index (χ2v) is 5.61. The number of nitrogens with one attached hydrogen (secondary N) is 1. The van der Waals surface area contributed by atoms with Crippen LogP contribution in [-0.2, 0) is 6.42 Å². The number of aromatic nitrogens is 2. The van der Waals surface area contributed by atoms with E-state index in [2.05, 4.69) is 44.5 Å². The quantitative estimate of drug-likeness (QED) is 0.884. The number of anilines is 1. The third-order valence-electron chi connectivity index (χ3n) is 3.67. The van der Waals surface area contributed by atoms with Crippen LogP contribution in [0.15, 0.2) is 30.3 Å². The average molecular weight is 303 g/mol. The van der Waals surface area contributed by atoms with Crippen LogP contribution in [0.4, 0.5) is 5.69 Å². The highest BCUT2D eigenvalue weighted by molar-refractivity contribution is 6.32. The average Bonchev–Trinajstić information content (AvgIpc) is 2.48. The number of piperazine rings is 1. The molecule has 0 atom stereocenters. The van der Waals surface area contributed by atoms with Gasteiger partial charge < -0.3 is 10.2 Å². The fraction of sp³-hybridized carbons (Fsp3) is 0.375. The molecular weight excluding hydrogens is 284 g/mol. The van der Waals surface area contributed by atoms with Crippen molar-refractivity contribution < 1.29 is 0 Å². The standard InChI is InChI=1S/C16H19ClN4/c1-12-19-14(11-13-5-3-2-4-6-13)15(16(17)20-12)21-9-7-18-8-10-21/h2-6,18H,7-11H2,1H3. The van der Waals surface area contributed by atoms with E-state index < -0.39 is 0 Å². The van der Waals surface area contributed by atoms with Gasteiger partial charge in [0.25, 0.3) is 0 Å². The number of hydrogen-bond acceptors (Lipinski definition) is 4. The molecule has 0 unspecified atom stereocenters. The van der Waals surface area contributed by atoms with Crippen molar-refractivity contribution >= 4 is 17.3 Å². The van der Waals surface area contributed by atoms with Gasteiger partial charge in [-0.3, -0.25) is 0 Å². The fourth-order valence-corrected chi connectivity index (χ4v) is 3.05. The molecule has 5 heteroatoms. The van der Waals surface area contributed by atoms with E-state index in [1.54, 1.807) is 0 Å². The Labute approximate surface area is 130 Å². The number of benzene rings is 1. The molecule has 1 saturated heterocycles. The van der Waals surface area contributed by atoms with Gasteiger partial charge in [0.2, 0.25) is 0 Å². The highest BCUT2D eigenvalue weighted by Gasteiger charge is 2.20. The lowest BCUT2D eigenvalue weighted by Gasteiger charge is -2.31. The van der Waals surface area contributed by atoms with E-state index in [4.69, 9.17) is 11.6 Å². The molecule has 1 aliphatic rings. The van der Waals surface area contributed by atoms with Crippen molar-refractivity contribution in [3.8, 4) is 0 Å². The van der Waals surface area contributed by atoms with Gasteiger partial charge in [0, 0.05) is 32.6 Å². The Hall–Kier alpha value is -1.65. The summed E-state index contributed by atoms with van der Waals surface area (Å²) in [6.45, 7) is 5.70. The molecule has 1 aromatic carbocycles. The summed E-state index contributed by atoms with van der Waals surface area (Å²) >= 11 is 6.42. The van der Waals surface area contributed by atoms with Crippen LogP contribution in [0.5, 0.6) is 0 Å². The second kappa shape index (κ2) is 6.41. The third kappa shape index (κ3) is 3.34. The van der Waals surface area contributed by atoms with E-state index in [9.17, 15) is 0 Å². The zero-order chi connectivity index (χ0) is 14.7. The van der Waals surface area contributed by atoms with Crippen molar-refractivity contribution in [3.63, 3.8) is 0 Å². The highest BCUT2D eigenvalue weighted by atomic mass is 35.5. The number of rotatable bonds is 3. The molecule has 1 fully saturated rings. The van der Waals surface area contributed by atoms with Gasteiger partial charge >= 0.3 is 0 Å². The first-order valence-corrected chi connectivity index (χ1v) is 7.64. The van der Waals surface area contributed by atoms with Crippen molar-refractivity contribution in [3.05, 3.63) is 52.6 Å². The summed E-state index contributed by atoms with van der Waals surface area (Å²) < 4.78 is 0. The molecule has 0 aliphatic carbocycles. The summed E-state index contributed by atoms with van der Waals surface area (Å²) in [6.07, 6.45) is 0.781. The minimum Gasteiger partial charge on any atom is -0.365 e. The van der Waals surface area contributed by atoms with E-state index >= 15 is 0 Å². The summed E-state index contributed by atoms with van der Waals surface area (Å²) in [4.78, 5) is 11.3. The maximum atomic E-state index is 6.42. The molecule has 1 aliphatic heterocycles. The van der Waals surface area contributed by atoms with E-state index in [1.165, 1.54) is 5.56 Å². The number of hydrogen-bond donors (Lipinski definition) is 1. The van der Waals surface area contributed by atoms with Gasteiger partial charge in [0.05, 0.1) is 11.4 Å². The predicted octanol–water partition coefficient (Wildman–Crippen LogP) is 2.44. The number of halogens is 1. The molecule has 1 aromatic heterocycles. The smallest absolute Gasteiger partial charge is 0.156 e. The van der Waals surface area contributed by atoms with Crippen LogP contribution < -0.4 is 10.2 Å². The Balaban J connectivity index is 1.97. The minimum absolute atomic E-state index is 0.565. The van der Waals surface area contributed by atoms with Crippen LogP contribution in [0.25, 0.3) is 0 Å². The molecule has 1 N–H and O–H groups in total. The van der Waals surface area contributed by atoms with Gasteiger partial charge in [0.1, 0.15) is 5.82 Å². The van der Waals surface area contributed by atoms with Crippen LogP contribution in [0.3, 0.4) is 0 Å². The van der Waals surface area contributed by atoms with Crippen LogP contribution in [0.1, 0.15) is 17.1 Å². The molecule has 3 rings (SSSR count). The SMILES string of the molecule is Cc1nc(Cl)c(N2CCNCC2)c(Cc2ccccc2)n1. The summed E-state index contributed by atoms with van der Waals surface area (Å²) in [7, 11) is 0. The lowest BCUT2D eigenvalue weighted by Crippen LogP contribution is -2.44. The summed E-state index contributed by atoms with van der Waals surface area (Å²) in [5, 5.41) is 3.92. The minimum atomic E-state index is 0.565. The Morgan fingerprint density at radius 3 is 2.57 bits per heavy atom. The molecule has 0 radical (unpaired) electrons. The lowest BCUT2D eigenvalue weighted by atomic mass is 10.1. The molecule has 0 spiro atoms. The van der Waals surface area contributed by atoms with Gasteiger partial charge in [0.15, 0.2) is 5.15 Å². The van der Waals surface area contributed by atoms with Crippen molar-refractivity contribution in [2.24, 2.45) is 0 Å². The third-order valence-corrected chi connectivity index (χ3v) is 3.94. The molecule has 21 heavy (non-hydrogen) atoms. The van der Waals surface area contributed by atoms with Gasteiger partial charge in [-0.1, -0.05) is 41.9 Å². The largest absolute Gasteiger partial charge is 0.365 e. The molecule has 0 saturated carbocycles. The summed E-state index contributed by atoms with van der Waals surface area (Å²) in [5.41, 5.74) is 3.25. The van der Waals surface area contributed by atoms with Crippen LogP contribution in [0, 0.1) is 6.92 Å². The normalized spacial score (nSPS) is 15.2. The Bertz CT molecular complexity index is 609. The highest BCUT2D eigenvalue weighted by Crippen LogP contribution is 2.29. The van der Waals surface area contributed by atoms with Crippen molar-refractivity contribution in [1.82, 2.24) is 15.3 Å². The Morgan fingerprint density at radius 1 is 1.14 bits per heavy atom. The fourth-order valence-electron chi connectivity index (χ4n) is 2.70. The first-order chi connectivity index (χ1) is 10.2. The zero-order valence-electron chi connectivity index (χ0n) is 12.1. The molecule has 4 nitrogen and oxygen atoms in total. The van der Waals surface area contributed by atoms with E-state index in [0.717, 1.165) is 49.8 Å². The van der Waals surface area contributed by atoms with E-state index in [1.807, 2.05) is 13.0 Å². The first-order valence-electron chi connectivity index (χ1n) is 7.26. The number of aryl methyl sites for hydroxylation is 1. The van der Waals surface area contributed by atoms with Gasteiger partial charge in [-0.2, -0.15) is 0 Å². The second-order valence-electron chi connectivity index (χ2n) is 5.26. The van der Waals surface area contributed by atoms with Crippen LogP contribution in [-0.4, -0.2) is 36.1 Å². The van der Waals surface area contributed by atoms with Crippen LogP contribution in [0.2, 0.25) is 5.15 Å². The molecular formula is C16H19ClN4. The monoisotopic (exact) mass is 302 g/mol. The maximum absolute atomic E-state index is 6.42. The first kappa shape index (κ1) is 14.3. The Morgan fingerprint density at radius 2 is 1.86 bits per heavy atom. The van der Waals surface area contributed by atoms with Crippen molar-refractivity contribution in [2.75, 3.05) is 31.1 Å². The molecule has 2 heterocycles. The van der Waals surface area contributed by atoms with Gasteiger partial charge in [-0.25, -0.2) is 9.97 Å². The zero-order valence-corrected chi connectivity index (χ0v) is 12.9. The molecule has 0 bridgehead atoms. The predicted molar refractivity (Wildman–Crippen MR) is 86.1 cm³/mol.